The number of nitro groups is 1. The Morgan fingerprint density at radius 1 is 1.35 bits per heavy atom. The molecule has 1 aliphatic heterocycles. The van der Waals surface area contributed by atoms with Gasteiger partial charge >= 0.3 is 0 Å². The van der Waals surface area contributed by atoms with Crippen molar-refractivity contribution in [1.82, 2.24) is 9.62 Å². The van der Waals surface area contributed by atoms with Crippen LogP contribution in [0.3, 0.4) is 0 Å². The lowest BCUT2D eigenvalue weighted by atomic mass is 10.3. The van der Waals surface area contributed by atoms with Crippen LogP contribution in [0.2, 0.25) is 0 Å². The number of nitrogens with zero attached hydrogens (tertiary/aromatic N) is 2. The molecule has 0 amide bonds. The Kier molecular flexibility index (Phi) is 4.21. The SMILES string of the molecule is COc1ccc(S(=O)(=O)N2CCNCC2)c([N+](=O)[O-])c1. The molecule has 0 aromatic heterocycles. The zero-order chi connectivity index (χ0) is 14.8. The summed E-state index contributed by atoms with van der Waals surface area (Å²) in [7, 11) is -2.50. The molecule has 1 aromatic carbocycles. The van der Waals surface area contributed by atoms with Gasteiger partial charge in [-0.2, -0.15) is 4.31 Å². The third-order valence-electron chi connectivity index (χ3n) is 3.06. The summed E-state index contributed by atoms with van der Waals surface area (Å²) < 4.78 is 31.1. The molecule has 1 aromatic rings. The second-order valence-electron chi connectivity index (χ2n) is 4.24. The van der Waals surface area contributed by atoms with Crippen LogP contribution >= 0.6 is 0 Å². The predicted molar refractivity (Wildman–Crippen MR) is 71.3 cm³/mol. The molecule has 2 rings (SSSR count). The van der Waals surface area contributed by atoms with Gasteiger partial charge in [0.15, 0.2) is 4.90 Å². The normalized spacial score (nSPS) is 16.9. The second kappa shape index (κ2) is 5.73. The van der Waals surface area contributed by atoms with Gasteiger partial charge in [-0.05, 0) is 12.1 Å². The summed E-state index contributed by atoms with van der Waals surface area (Å²) in [6.07, 6.45) is 0. The van der Waals surface area contributed by atoms with Crippen molar-refractivity contribution in [1.29, 1.82) is 0 Å². The fourth-order valence-corrected chi connectivity index (χ4v) is 3.59. The lowest BCUT2D eigenvalue weighted by molar-refractivity contribution is -0.387. The van der Waals surface area contributed by atoms with Crippen LogP contribution in [0.4, 0.5) is 5.69 Å². The molecule has 8 nitrogen and oxygen atoms in total. The van der Waals surface area contributed by atoms with Crippen LogP contribution in [0.25, 0.3) is 0 Å². The average Bonchev–Trinajstić information content (AvgIpc) is 2.47. The van der Waals surface area contributed by atoms with Gasteiger partial charge < -0.3 is 10.1 Å². The van der Waals surface area contributed by atoms with E-state index in [-0.39, 0.29) is 10.6 Å². The fourth-order valence-electron chi connectivity index (χ4n) is 2.01. The molecule has 0 radical (unpaired) electrons. The Hall–Kier alpha value is -1.71. The molecular weight excluding hydrogens is 286 g/mol. The number of hydrogen-bond donors (Lipinski definition) is 1. The van der Waals surface area contributed by atoms with Gasteiger partial charge in [0.1, 0.15) is 5.75 Å². The Bertz CT molecular complexity index is 610. The minimum absolute atomic E-state index is 0.246. The number of rotatable bonds is 4. The van der Waals surface area contributed by atoms with Gasteiger partial charge in [0.2, 0.25) is 10.0 Å². The van der Waals surface area contributed by atoms with Crippen molar-refractivity contribution >= 4 is 15.7 Å². The number of ether oxygens (including phenoxy) is 1. The van der Waals surface area contributed by atoms with Gasteiger partial charge in [-0.15, -0.1) is 0 Å². The van der Waals surface area contributed by atoms with Gasteiger partial charge in [0.05, 0.1) is 18.1 Å². The summed E-state index contributed by atoms with van der Waals surface area (Å²) in [4.78, 5) is 10.1. The third-order valence-corrected chi connectivity index (χ3v) is 5.00. The van der Waals surface area contributed by atoms with E-state index in [1.165, 1.54) is 23.5 Å². The highest BCUT2D eigenvalue weighted by Crippen LogP contribution is 2.30. The molecule has 1 fully saturated rings. The number of piperazine rings is 1. The molecule has 0 saturated carbocycles. The maximum Gasteiger partial charge on any atom is 0.293 e. The largest absolute Gasteiger partial charge is 0.497 e. The highest BCUT2D eigenvalue weighted by molar-refractivity contribution is 7.89. The average molecular weight is 301 g/mol. The summed E-state index contributed by atoms with van der Waals surface area (Å²) in [5.74, 6) is 0.246. The van der Waals surface area contributed by atoms with Crippen molar-refractivity contribution in [2.45, 2.75) is 4.90 Å². The summed E-state index contributed by atoms with van der Waals surface area (Å²) in [6, 6.07) is 3.74. The number of nitrogens with one attached hydrogen (secondary N) is 1. The first-order valence-corrected chi connectivity index (χ1v) is 7.44. The smallest absolute Gasteiger partial charge is 0.293 e. The molecule has 1 saturated heterocycles. The van der Waals surface area contributed by atoms with Gasteiger partial charge in [0.25, 0.3) is 5.69 Å². The molecule has 0 atom stereocenters. The van der Waals surface area contributed by atoms with E-state index in [9.17, 15) is 18.5 Å². The zero-order valence-electron chi connectivity index (χ0n) is 10.9. The number of hydrogen-bond acceptors (Lipinski definition) is 6. The van der Waals surface area contributed by atoms with Crippen molar-refractivity contribution in [3.05, 3.63) is 28.3 Å². The van der Waals surface area contributed by atoms with Crippen LogP contribution in [0.1, 0.15) is 0 Å². The Morgan fingerprint density at radius 3 is 2.55 bits per heavy atom. The van der Waals surface area contributed by atoms with E-state index in [0.717, 1.165) is 6.07 Å². The minimum atomic E-state index is -3.87. The van der Waals surface area contributed by atoms with E-state index in [1.807, 2.05) is 0 Å². The van der Waals surface area contributed by atoms with Crippen LogP contribution in [0.5, 0.6) is 5.75 Å². The van der Waals surface area contributed by atoms with Crippen molar-refractivity contribution < 1.29 is 18.1 Å². The third kappa shape index (κ3) is 2.74. The molecule has 1 N–H and O–H groups in total. The Balaban J connectivity index is 2.47. The molecule has 110 valence electrons. The predicted octanol–water partition coefficient (Wildman–Crippen LogP) is 0.197. The van der Waals surface area contributed by atoms with Crippen LogP contribution < -0.4 is 10.1 Å². The summed E-state index contributed by atoms with van der Waals surface area (Å²) in [5.41, 5.74) is -0.470. The van der Waals surface area contributed by atoms with E-state index in [4.69, 9.17) is 4.74 Å². The molecule has 20 heavy (non-hydrogen) atoms. The minimum Gasteiger partial charge on any atom is -0.497 e. The number of benzene rings is 1. The zero-order valence-corrected chi connectivity index (χ0v) is 11.7. The maximum atomic E-state index is 12.5. The van der Waals surface area contributed by atoms with Crippen LogP contribution in [0, 0.1) is 10.1 Å². The Morgan fingerprint density at radius 2 is 2.00 bits per heavy atom. The highest BCUT2D eigenvalue weighted by atomic mass is 32.2. The lowest BCUT2D eigenvalue weighted by Crippen LogP contribution is -2.46. The number of methoxy groups -OCH3 is 1. The van der Waals surface area contributed by atoms with Crippen LogP contribution in [-0.4, -0.2) is 50.9 Å². The molecule has 0 bridgehead atoms. The molecule has 9 heteroatoms. The molecule has 0 aliphatic carbocycles. The molecule has 0 spiro atoms. The fraction of sp³-hybridized carbons (Fsp3) is 0.455. The van der Waals surface area contributed by atoms with Crippen LogP contribution in [0.15, 0.2) is 23.1 Å². The number of sulfonamides is 1. The molecule has 1 aliphatic rings. The van der Waals surface area contributed by atoms with Gasteiger partial charge in [-0.25, -0.2) is 8.42 Å². The van der Waals surface area contributed by atoms with E-state index in [0.29, 0.717) is 26.2 Å². The van der Waals surface area contributed by atoms with E-state index >= 15 is 0 Å². The first kappa shape index (κ1) is 14.7. The standard InChI is InChI=1S/C11H15N3O5S/c1-19-9-2-3-11(10(8-9)14(15)16)20(17,18)13-6-4-12-5-7-13/h2-3,8,12H,4-7H2,1H3. The molecular formula is C11H15N3O5S. The van der Waals surface area contributed by atoms with Crippen LogP contribution in [-0.2, 0) is 10.0 Å². The first-order chi connectivity index (χ1) is 9.46. The van der Waals surface area contributed by atoms with Crippen molar-refractivity contribution in [2.24, 2.45) is 0 Å². The van der Waals surface area contributed by atoms with E-state index < -0.39 is 20.6 Å². The quantitative estimate of drug-likeness (QED) is 0.629. The van der Waals surface area contributed by atoms with Gasteiger partial charge in [-0.1, -0.05) is 0 Å². The first-order valence-electron chi connectivity index (χ1n) is 6.00. The summed E-state index contributed by atoms with van der Waals surface area (Å²) >= 11 is 0. The number of nitro benzene ring substituents is 1. The lowest BCUT2D eigenvalue weighted by Gasteiger charge is -2.26. The summed E-state index contributed by atoms with van der Waals surface area (Å²) in [6.45, 7) is 1.66. The summed E-state index contributed by atoms with van der Waals surface area (Å²) in [5, 5.41) is 14.1. The Labute approximate surface area is 116 Å². The van der Waals surface area contributed by atoms with E-state index in [2.05, 4.69) is 5.32 Å². The topological polar surface area (TPSA) is 102 Å². The second-order valence-corrected chi connectivity index (χ2v) is 6.15. The van der Waals surface area contributed by atoms with Crippen molar-refractivity contribution in [3.63, 3.8) is 0 Å². The van der Waals surface area contributed by atoms with Gasteiger partial charge in [-0.3, -0.25) is 10.1 Å². The van der Waals surface area contributed by atoms with Gasteiger partial charge in [0, 0.05) is 26.2 Å². The molecule has 0 unspecified atom stereocenters. The maximum absolute atomic E-state index is 12.5. The highest BCUT2D eigenvalue weighted by Gasteiger charge is 2.32. The van der Waals surface area contributed by atoms with Crippen molar-refractivity contribution in [3.8, 4) is 5.75 Å². The van der Waals surface area contributed by atoms with Crippen molar-refractivity contribution in [2.75, 3.05) is 33.3 Å². The monoisotopic (exact) mass is 301 g/mol. The van der Waals surface area contributed by atoms with E-state index in [1.54, 1.807) is 0 Å². The molecule has 1 heterocycles.